The second-order valence-corrected chi connectivity index (χ2v) is 9.44. The van der Waals surface area contributed by atoms with Crippen molar-refractivity contribution in [3.63, 3.8) is 0 Å². The van der Waals surface area contributed by atoms with Gasteiger partial charge in [0, 0.05) is 33.2 Å². The van der Waals surface area contributed by atoms with Gasteiger partial charge in [-0.05, 0) is 44.2 Å². The number of nitrogens with one attached hydrogen (secondary N) is 2. The molecule has 3 rings (SSSR count). The van der Waals surface area contributed by atoms with Crippen molar-refractivity contribution in [3.05, 3.63) is 12.2 Å². The standard InChI is InChI=1S/C21H35N5O2.HI/c1-21(2,13-25(4)5)12-24-20(22-3)23-9-6-10-26-18(27)16-14-7-8-15(11-14)17(16)19(26)28;/h7-8,14-17H,6,9-13H2,1-5H3,(H2,22,23,24);1H. The highest BCUT2D eigenvalue weighted by molar-refractivity contribution is 14.0. The fourth-order valence-electron chi connectivity index (χ4n) is 5.08. The fraction of sp³-hybridized carbons (Fsp3) is 0.762. The molecule has 1 aliphatic heterocycles. The number of amides is 2. The average molecular weight is 517 g/mol. The van der Waals surface area contributed by atoms with E-state index in [0.717, 1.165) is 31.9 Å². The van der Waals surface area contributed by atoms with Crippen molar-refractivity contribution in [3.8, 4) is 0 Å². The van der Waals surface area contributed by atoms with Gasteiger partial charge in [0.1, 0.15) is 0 Å². The van der Waals surface area contributed by atoms with Crippen molar-refractivity contribution in [2.75, 3.05) is 47.3 Å². The van der Waals surface area contributed by atoms with Crippen LogP contribution in [0.5, 0.6) is 0 Å². The monoisotopic (exact) mass is 517 g/mol. The molecule has 1 saturated heterocycles. The van der Waals surface area contributed by atoms with Crippen LogP contribution in [0.2, 0.25) is 0 Å². The lowest BCUT2D eigenvalue weighted by atomic mass is 9.85. The first-order valence-electron chi connectivity index (χ1n) is 10.4. The van der Waals surface area contributed by atoms with Crippen LogP contribution < -0.4 is 10.6 Å². The maximum Gasteiger partial charge on any atom is 0.233 e. The number of carbonyl (C=O) groups excluding carboxylic acids is 2. The molecule has 2 N–H and O–H groups in total. The van der Waals surface area contributed by atoms with Crippen LogP contribution in [0.15, 0.2) is 17.1 Å². The number of halogens is 1. The van der Waals surface area contributed by atoms with Gasteiger partial charge in [0.25, 0.3) is 0 Å². The minimum atomic E-state index is -0.0937. The summed E-state index contributed by atoms with van der Waals surface area (Å²) in [6.07, 6.45) is 5.97. The maximum atomic E-state index is 12.7. The summed E-state index contributed by atoms with van der Waals surface area (Å²) in [6.45, 7) is 7.39. The molecule has 1 saturated carbocycles. The molecule has 164 valence electrons. The highest BCUT2D eigenvalue weighted by Gasteiger charge is 2.58. The second kappa shape index (κ2) is 9.76. The molecule has 8 heteroatoms. The molecule has 2 bridgehead atoms. The number of nitrogens with zero attached hydrogens (tertiary/aromatic N) is 3. The van der Waals surface area contributed by atoms with Crippen LogP contribution in [0.3, 0.4) is 0 Å². The highest BCUT2D eigenvalue weighted by atomic mass is 127. The number of carbonyl (C=O) groups is 2. The van der Waals surface area contributed by atoms with Gasteiger partial charge in [-0.1, -0.05) is 26.0 Å². The molecule has 0 aromatic rings. The van der Waals surface area contributed by atoms with Gasteiger partial charge in [0.2, 0.25) is 11.8 Å². The number of fused-ring (bicyclic) bond motifs is 5. The van der Waals surface area contributed by atoms with Crippen molar-refractivity contribution in [1.82, 2.24) is 20.4 Å². The van der Waals surface area contributed by atoms with Crippen molar-refractivity contribution in [2.24, 2.45) is 34.1 Å². The van der Waals surface area contributed by atoms with Gasteiger partial charge >= 0.3 is 0 Å². The number of aliphatic imine (C=N–C) groups is 1. The van der Waals surface area contributed by atoms with Crippen LogP contribution in [0.25, 0.3) is 0 Å². The van der Waals surface area contributed by atoms with Crippen LogP contribution in [-0.4, -0.2) is 74.9 Å². The zero-order valence-corrected chi connectivity index (χ0v) is 20.6. The maximum absolute atomic E-state index is 12.7. The Balaban J connectivity index is 0.00000300. The van der Waals surface area contributed by atoms with Crippen LogP contribution in [0.1, 0.15) is 26.7 Å². The van der Waals surface area contributed by atoms with Gasteiger partial charge in [-0.3, -0.25) is 19.5 Å². The number of hydrogen-bond donors (Lipinski definition) is 2. The summed E-state index contributed by atoms with van der Waals surface area (Å²) in [5.41, 5.74) is 0.126. The molecule has 0 aromatic heterocycles. The number of likely N-dealkylation sites (tertiary alicyclic amines) is 1. The SMILES string of the molecule is CN=C(NCCCN1C(=O)C2C3C=CC(C3)C2C1=O)NCC(C)(C)CN(C)C.I. The number of rotatable bonds is 8. The Kier molecular flexibility index (Phi) is 8.12. The van der Waals surface area contributed by atoms with E-state index in [1.165, 1.54) is 4.90 Å². The Bertz CT molecular complexity index is 646. The molecule has 2 fully saturated rings. The van der Waals surface area contributed by atoms with Crippen molar-refractivity contribution in [2.45, 2.75) is 26.7 Å². The van der Waals surface area contributed by atoms with Crippen LogP contribution in [0, 0.1) is 29.1 Å². The van der Waals surface area contributed by atoms with E-state index in [-0.39, 0.29) is 64.9 Å². The van der Waals surface area contributed by atoms with Gasteiger partial charge < -0.3 is 15.5 Å². The predicted molar refractivity (Wildman–Crippen MR) is 126 cm³/mol. The Morgan fingerprint density at radius 3 is 2.28 bits per heavy atom. The van der Waals surface area contributed by atoms with E-state index in [2.05, 4.69) is 60.6 Å². The molecule has 4 unspecified atom stereocenters. The third kappa shape index (κ3) is 5.31. The summed E-state index contributed by atoms with van der Waals surface area (Å²) >= 11 is 0. The molecule has 0 aromatic carbocycles. The first-order chi connectivity index (χ1) is 13.2. The lowest BCUT2D eigenvalue weighted by molar-refractivity contribution is -0.140. The summed E-state index contributed by atoms with van der Waals surface area (Å²) in [7, 11) is 5.91. The zero-order valence-electron chi connectivity index (χ0n) is 18.3. The van der Waals surface area contributed by atoms with E-state index in [0.29, 0.717) is 13.1 Å². The molecule has 29 heavy (non-hydrogen) atoms. The molecule has 1 heterocycles. The second-order valence-electron chi connectivity index (χ2n) is 9.44. The van der Waals surface area contributed by atoms with E-state index < -0.39 is 0 Å². The quantitative estimate of drug-likeness (QED) is 0.128. The third-order valence-electron chi connectivity index (χ3n) is 6.11. The molecule has 0 radical (unpaired) electrons. The van der Waals surface area contributed by atoms with E-state index in [1.54, 1.807) is 7.05 Å². The summed E-state index contributed by atoms with van der Waals surface area (Å²) in [6, 6.07) is 0. The average Bonchev–Trinajstić information content (AvgIpc) is 3.29. The lowest BCUT2D eigenvalue weighted by Crippen LogP contribution is -2.45. The van der Waals surface area contributed by atoms with Crippen molar-refractivity contribution < 1.29 is 9.59 Å². The van der Waals surface area contributed by atoms with E-state index >= 15 is 0 Å². The zero-order chi connectivity index (χ0) is 20.5. The number of guanidine groups is 1. The van der Waals surface area contributed by atoms with E-state index in [9.17, 15) is 9.59 Å². The molecule has 7 nitrogen and oxygen atoms in total. The molecular weight excluding hydrogens is 481 g/mol. The van der Waals surface area contributed by atoms with Crippen molar-refractivity contribution >= 4 is 41.8 Å². The van der Waals surface area contributed by atoms with Crippen LogP contribution in [-0.2, 0) is 9.59 Å². The van der Waals surface area contributed by atoms with Gasteiger partial charge in [0.15, 0.2) is 5.96 Å². The largest absolute Gasteiger partial charge is 0.356 e. The molecule has 3 aliphatic rings. The number of imide groups is 1. The molecule has 2 aliphatic carbocycles. The Morgan fingerprint density at radius 1 is 1.17 bits per heavy atom. The van der Waals surface area contributed by atoms with Gasteiger partial charge in [0.05, 0.1) is 11.8 Å². The Hall–Kier alpha value is -1.16. The van der Waals surface area contributed by atoms with E-state index in [4.69, 9.17) is 0 Å². The smallest absolute Gasteiger partial charge is 0.233 e. The van der Waals surface area contributed by atoms with Gasteiger partial charge in [-0.25, -0.2) is 0 Å². The first kappa shape index (κ1) is 24.1. The van der Waals surface area contributed by atoms with Crippen LogP contribution in [0.4, 0.5) is 0 Å². The normalized spacial score (nSPS) is 28.2. The lowest BCUT2D eigenvalue weighted by Gasteiger charge is -2.29. The van der Waals surface area contributed by atoms with Gasteiger partial charge in [-0.2, -0.15) is 0 Å². The fourth-order valence-corrected chi connectivity index (χ4v) is 5.08. The summed E-state index contributed by atoms with van der Waals surface area (Å²) in [5.74, 6) is 1.21. The Morgan fingerprint density at radius 2 is 1.76 bits per heavy atom. The minimum Gasteiger partial charge on any atom is -0.356 e. The molecule has 0 spiro atoms. The molecular formula is C21H36IN5O2. The van der Waals surface area contributed by atoms with Gasteiger partial charge in [-0.15, -0.1) is 24.0 Å². The molecule has 4 atom stereocenters. The molecule has 2 amide bonds. The highest BCUT2D eigenvalue weighted by Crippen LogP contribution is 2.52. The number of hydrogen-bond acceptors (Lipinski definition) is 4. The topological polar surface area (TPSA) is 77.0 Å². The summed E-state index contributed by atoms with van der Waals surface area (Å²) in [5, 5.41) is 6.66. The summed E-state index contributed by atoms with van der Waals surface area (Å²) in [4.78, 5) is 33.3. The minimum absolute atomic E-state index is 0. The van der Waals surface area contributed by atoms with E-state index in [1.807, 2.05) is 0 Å². The first-order valence-corrected chi connectivity index (χ1v) is 10.4. The predicted octanol–water partition coefficient (Wildman–Crippen LogP) is 1.55. The Labute approximate surface area is 191 Å². The van der Waals surface area contributed by atoms with Crippen LogP contribution >= 0.6 is 24.0 Å². The third-order valence-corrected chi connectivity index (χ3v) is 6.11. The van der Waals surface area contributed by atoms with Crippen molar-refractivity contribution in [1.29, 1.82) is 0 Å². The number of allylic oxidation sites excluding steroid dienone is 2. The summed E-state index contributed by atoms with van der Waals surface area (Å²) < 4.78 is 0.